The van der Waals surface area contributed by atoms with E-state index in [-0.39, 0.29) is 11.9 Å². The Labute approximate surface area is 80.7 Å². The number of terminal acetylenes is 1. The maximum atomic E-state index is 11.2. The highest BCUT2D eigenvalue weighted by Crippen LogP contribution is 2.04. The second kappa shape index (κ2) is 7.67. The molecule has 0 aromatic carbocycles. The highest BCUT2D eigenvalue weighted by Gasteiger charge is 2.13. The number of rotatable bonds is 6. The minimum atomic E-state index is -0.360. The summed E-state index contributed by atoms with van der Waals surface area (Å²) in [6, 6.07) is 0. The van der Waals surface area contributed by atoms with Gasteiger partial charge in [-0.1, -0.05) is 32.6 Å². The molecular formula is C11H18O2. The number of carbonyl (C=O) groups is 1. The van der Waals surface area contributed by atoms with Crippen molar-refractivity contribution in [3.05, 3.63) is 0 Å². The summed E-state index contributed by atoms with van der Waals surface area (Å²) in [4.78, 5) is 11.2. The van der Waals surface area contributed by atoms with E-state index < -0.39 is 0 Å². The predicted octanol–water partition coefficient (Wildman–Crippen LogP) is 2.38. The molecule has 1 atom stereocenters. The molecule has 0 saturated carbocycles. The minimum Gasteiger partial charge on any atom is -0.465 e. The molecule has 0 aliphatic carbocycles. The average molecular weight is 182 g/mol. The van der Waals surface area contributed by atoms with Crippen molar-refractivity contribution in [2.45, 2.75) is 39.5 Å². The third-order valence-electron chi connectivity index (χ3n) is 1.89. The lowest BCUT2D eigenvalue weighted by molar-refractivity contribution is -0.146. The van der Waals surface area contributed by atoms with E-state index >= 15 is 0 Å². The van der Waals surface area contributed by atoms with Gasteiger partial charge in [-0.25, -0.2) is 0 Å². The van der Waals surface area contributed by atoms with E-state index in [1.165, 1.54) is 0 Å². The van der Waals surface area contributed by atoms with Crippen LogP contribution >= 0.6 is 0 Å². The van der Waals surface area contributed by atoms with Crippen LogP contribution in [0.5, 0.6) is 0 Å². The van der Waals surface area contributed by atoms with Gasteiger partial charge in [0.05, 0.1) is 6.61 Å². The molecule has 0 bridgehead atoms. The number of hydrogen-bond donors (Lipinski definition) is 0. The molecule has 0 spiro atoms. The van der Waals surface area contributed by atoms with Gasteiger partial charge in [-0.2, -0.15) is 0 Å². The van der Waals surface area contributed by atoms with Gasteiger partial charge in [0.2, 0.25) is 0 Å². The normalized spacial score (nSPS) is 11.8. The lowest BCUT2D eigenvalue weighted by atomic mass is 10.1. The number of hydrogen-bond acceptors (Lipinski definition) is 2. The van der Waals surface area contributed by atoms with Crippen LogP contribution in [0, 0.1) is 18.3 Å². The van der Waals surface area contributed by atoms with Gasteiger partial charge < -0.3 is 4.74 Å². The SMILES string of the molecule is C#CC(CC)C(=O)OCCCCC. The van der Waals surface area contributed by atoms with Gasteiger partial charge in [-0.3, -0.25) is 4.79 Å². The molecule has 0 heterocycles. The zero-order chi connectivity index (χ0) is 10.1. The minimum absolute atomic E-state index is 0.249. The summed E-state index contributed by atoms with van der Waals surface area (Å²) >= 11 is 0. The van der Waals surface area contributed by atoms with Crippen molar-refractivity contribution in [1.29, 1.82) is 0 Å². The monoisotopic (exact) mass is 182 g/mol. The number of unbranched alkanes of at least 4 members (excludes halogenated alkanes) is 2. The van der Waals surface area contributed by atoms with E-state index in [4.69, 9.17) is 11.2 Å². The summed E-state index contributed by atoms with van der Waals surface area (Å²) in [5.41, 5.74) is 0. The summed E-state index contributed by atoms with van der Waals surface area (Å²) in [5.74, 6) is 1.81. The Morgan fingerprint density at radius 1 is 1.46 bits per heavy atom. The lowest BCUT2D eigenvalue weighted by Gasteiger charge is -2.07. The fraction of sp³-hybridized carbons (Fsp3) is 0.727. The first-order chi connectivity index (χ1) is 6.26. The van der Waals surface area contributed by atoms with Gasteiger partial charge in [0.1, 0.15) is 5.92 Å². The third-order valence-corrected chi connectivity index (χ3v) is 1.89. The Morgan fingerprint density at radius 3 is 2.62 bits per heavy atom. The number of ether oxygens (including phenoxy) is 1. The van der Waals surface area contributed by atoms with Crippen molar-refractivity contribution in [2.75, 3.05) is 6.61 Å². The molecule has 74 valence electrons. The van der Waals surface area contributed by atoms with E-state index in [1.807, 2.05) is 6.92 Å². The van der Waals surface area contributed by atoms with Gasteiger partial charge >= 0.3 is 5.97 Å². The van der Waals surface area contributed by atoms with E-state index in [1.54, 1.807) is 0 Å². The van der Waals surface area contributed by atoms with Gasteiger partial charge in [0, 0.05) is 0 Å². The molecule has 0 saturated heterocycles. The second-order valence-corrected chi connectivity index (χ2v) is 3.00. The first kappa shape index (κ1) is 12.0. The fourth-order valence-corrected chi connectivity index (χ4v) is 0.978. The van der Waals surface area contributed by atoms with E-state index in [0.717, 1.165) is 19.3 Å². The summed E-state index contributed by atoms with van der Waals surface area (Å²) in [7, 11) is 0. The summed E-state index contributed by atoms with van der Waals surface area (Å²) in [6.07, 6.45) is 8.98. The highest BCUT2D eigenvalue weighted by molar-refractivity contribution is 5.75. The molecule has 0 rings (SSSR count). The molecule has 0 radical (unpaired) electrons. The van der Waals surface area contributed by atoms with Crippen LogP contribution in [-0.2, 0) is 9.53 Å². The largest absolute Gasteiger partial charge is 0.465 e. The van der Waals surface area contributed by atoms with E-state index in [9.17, 15) is 4.79 Å². The standard InChI is InChI=1S/C11H18O2/c1-4-7-8-9-13-11(12)10(5-2)6-3/h2,10H,4,6-9H2,1,3H3. The lowest BCUT2D eigenvalue weighted by Crippen LogP contribution is -2.15. The predicted molar refractivity (Wildman–Crippen MR) is 53.1 cm³/mol. The molecule has 0 aliphatic heterocycles. The van der Waals surface area contributed by atoms with Gasteiger partial charge in [0.25, 0.3) is 0 Å². The van der Waals surface area contributed by atoms with Gasteiger partial charge in [0.15, 0.2) is 0 Å². The Bertz CT molecular complexity index is 179. The first-order valence-electron chi connectivity index (χ1n) is 4.89. The van der Waals surface area contributed by atoms with Crippen LogP contribution in [0.25, 0.3) is 0 Å². The summed E-state index contributed by atoms with van der Waals surface area (Å²) in [6.45, 7) is 4.50. The molecule has 1 unspecified atom stereocenters. The van der Waals surface area contributed by atoms with E-state index in [2.05, 4.69) is 12.8 Å². The highest BCUT2D eigenvalue weighted by atomic mass is 16.5. The van der Waals surface area contributed by atoms with Crippen molar-refractivity contribution < 1.29 is 9.53 Å². The summed E-state index contributed by atoms with van der Waals surface area (Å²) in [5, 5.41) is 0. The van der Waals surface area contributed by atoms with Crippen LogP contribution < -0.4 is 0 Å². The van der Waals surface area contributed by atoms with Crippen molar-refractivity contribution in [3.8, 4) is 12.3 Å². The van der Waals surface area contributed by atoms with Crippen LogP contribution in [0.3, 0.4) is 0 Å². The molecule has 13 heavy (non-hydrogen) atoms. The molecule has 0 aromatic heterocycles. The number of carbonyl (C=O) groups excluding carboxylic acids is 1. The maximum absolute atomic E-state index is 11.2. The third kappa shape index (κ3) is 5.30. The Morgan fingerprint density at radius 2 is 2.15 bits per heavy atom. The van der Waals surface area contributed by atoms with Crippen molar-refractivity contribution >= 4 is 5.97 Å². The Kier molecular flexibility index (Phi) is 7.10. The fourth-order valence-electron chi connectivity index (χ4n) is 0.978. The smallest absolute Gasteiger partial charge is 0.321 e. The van der Waals surface area contributed by atoms with Crippen molar-refractivity contribution in [1.82, 2.24) is 0 Å². The number of esters is 1. The molecule has 0 amide bonds. The van der Waals surface area contributed by atoms with Gasteiger partial charge in [-0.05, 0) is 12.8 Å². The topological polar surface area (TPSA) is 26.3 Å². The Hall–Kier alpha value is -0.970. The van der Waals surface area contributed by atoms with Crippen LogP contribution in [-0.4, -0.2) is 12.6 Å². The second-order valence-electron chi connectivity index (χ2n) is 3.00. The zero-order valence-corrected chi connectivity index (χ0v) is 8.51. The molecule has 0 fully saturated rings. The maximum Gasteiger partial charge on any atom is 0.321 e. The van der Waals surface area contributed by atoms with Crippen molar-refractivity contribution in [3.63, 3.8) is 0 Å². The molecule has 2 heteroatoms. The first-order valence-corrected chi connectivity index (χ1v) is 4.89. The molecular weight excluding hydrogens is 164 g/mol. The summed E-state index contributed by atoms with van der Waals surface area (Å²) < 4.78 is 5.01. The average Bonchev–Trinajstić information content (AvgIpc) is 2.14. The van der Waals surface area contributed by atoms with Crippen LogP contribution in [0.4, 0.5) is 0 Å². The molecule has 0 aliphatic rings. The van der Waals surface area contributed by atoms with Crippen LogP contribution in [0.1, 0.15) is 39.5 Å². The van der Waals surface area contributed by atoms with E-state index in [0.29, 0.717) is 13.0 Å². The molecule has 0 N–H and O–H groups in total. The molecule has 0 aromatic rings. The van der Waals surface area contributed by atoms with Crippen LogP contribution in [0.2, 0.25) is 0 Å². The Balaban J connectivity index is 3.56. The quantitative estimate of drug-likeness (QED) is 0.358. The van der Waals surface area contributed by atoms with Gasteiger partial charge in [-0.15, -0.1) is 6.42 Å². The molecule has 2 nitrogen and oxygen atoms in total. The zero-order valence-electron chi connectivity index (χ0n) is 8.51. The van der Waals surface area contributed by atoms with Crippen molar-refractivity contribution in [2.24, 2.45) is 5.92 Å². The van der Waals surface area contributed by atoms with Crippen LogP contribution in [0.15, 0.2) is 0 Å².